The van der Waals surface area contributed by atoms with Crippen molar-refractivity contribution in [1.82, 2.24) is 5.06 Å². The van der Waals surface area contributed by atoms with Gasteiger partial charge in [0.2, 0.25) is 5.91 Å². The third-order valence-corrected chi connectivity index (χ3v) is 8.26. The number of hydrogen-bond donors (Lipinski definition) is 0. The molecule has 1 aliphatic heterocycles. The highest BCUT2D eigenvalue weighted by Gasteiger charge is 2.33. The van der Waals surface area contributed by atoms with Crippen LogP contribution >= 0.6 is 0 Å². The predicted molar refractivity (Wildman–Crippen MR) is 138 cm³/mol. The van der Waals surface area contributed by atoms with Crippen LogP contribution in [0, 0.1) is 17.8 Å². The molecule has 0 unspecified atom stereocenters. The number of carbonyl (C=O) groups excluding carboxylic acids is 2. The van der Waals surface area contributed by atoms with Crippen molar-refractivity contribution in [3.05, 3.63) is 42.0 Å². The number of benzene rings is 1. The van der Waals surface area contributed by atoms with E-state index in [1.165, 1.54) is 50.5 Å². The molecule has 0 spiro atoms. The summed E-state index contributed by atoms with van der Waals surface area (Å²) in [5.74, 6) is 2.50. The van der Waals surface area contributed by atoms with Gasteiger partial charge in [0.15, 0.2) is 0 Å². The fourth-order valence-electron chi connectivity index (χ4n) is 6.28. The summed E-state index contributed by atoms with van der Waals surface area (Å²) < 4.78 is 5.47. The minimum absolute atomic E-state index is 0.0223. The maximum Gasteiger partial charge on any atom is 0.252 e. The summed E-state index contributed by atoms with van der Waals surface area (Å²) in [5, 5.41) is 1.64. The number of hydroxylamine groups is 2. The van der Waals surface area contributed by atoms with Gasteiger partial charge in [-0.2, -0.15) is 0 Å². The summed E-state index contributed by atoms with van der Waals surface area (Å²) in [4.78, 5) is 31.4. The van der Waals surface area contributed by atoms with Crippen LogP contribution in [0.25, 0.3) is 0 Å². The van der Waals surface area contributed by atoms with Gasteiger partial charge >= 0.3 is 0 Å². The van der Waals surface area contributed by atoms with E-state index in [4.69, 9.17) is 9.57 Å². The fourth-order valence-corrected chi connectivity index (χ4v) is 6.28. The SMILES string of the molecule is CCON(C(C)=O)C1CCC(C2CCC(CCc3ccc(N4COCC=CC4=O)cc3)CC2)CC1. The van der Waals surface area contributed by atoms with Gasteiger partial charge in [0.25, 0.3) is 5.91 Å². The van der Waals surface area contributed by atoms with Crippen molar-refractivity contribution in [2.75, 3.05) is 24.8 Å². The van der Waals surface area contributed by atoms with Crippen LogP contribution in [0.3, 0.4) is 0 Å². The predicted octanol–water partition coefficient (Wildman–Crippen LogP) is 5.66. The Morgan fingerprint density at radius 1 is 1.03 bits per heavy atom. The molecule has 2 aliphatic carbocycles. The monoisotopic (exact) mass is 482 g/mol. The molecule has 1 aromatic carbocycles. The van der Waals surface area contributed by atoms with Gasteiger partial charge in [-0.3, -0.25) is 19.3 Å². The Kier molecular flexibility index (Phi) is 9.38. The minimum atomic E-state index is -0.0223. The van der Waals surface area contributed by atoms with Crippen molar-refractivity contribution in [2.45, 2.75) is 84.1 Å². The Morgan fingerprint density at radius 2 is 1.69 bits per heavy atom. The zero-order chi connectivity index (χ0) is 24.6. The van der Waals surface area contributed by atoms with Crippen molar-refractivity contribution < 1.29 is 19.2 Å². The molecule has 1 aromatic rings. The molecule has 2 fully saturated rings. The smallest absolute Gasteiger partial charge is 0.252 e. The van der Waals surface area contributed by atoms with E-state index in [-0.39, 0.29) is 17.9 Å². The summed E-state index contributed by atoms with van der Waals surface area (Å²) in [7, 11) is 0. The molecule has 6 heteroatoms. The number of anilines is 1. The average Bonchev–Trinajstić information content (AvgIpc) is 3.11. The second-order valence-electron chi connectivity index (χ2n) is 10.5. The lowest BCUT2D eigenvalue weighted by atomic mass is 9.69. The summed E-state index contributed by atoms with van der Waals surface area (Å²) in [6, 6.07) is 8.67. The number of rotatable bonds is 8. The Bertz CT molecular complexity index is 852. The standard InChI is InChI=1S/C29H42N2O4/c1-3-35-31(22(2)32)28-18-14-26(15-19-28)25-12-8-23(9-13-25)6-7-24-10-16-27(17-11-24)30-21-34-20-4-5-29(30)33/h4-5,10-11,16-17,23,25-26,28H,3,6-9,12-15,18-21H2,1-2H3. The van der Waals surface area contributed by atoms with Crippen molar-refractivity contribution in [1.29, 1.82) is 0 Å². The molecule has 35 heavy (non-hydrogen) atoms. The van der Waals surface area contributed by atoms with Gasteiger partial charge in [0, 0.05) is 18.7 Å². The zero-order valence-electron chi connectivity index (χ0n) is 21.5. The Balaban J connectivity index is 1.18. The number of ether oxygens (including phenoxy) is 1. The molecular weight excluding hydrogens is 440 g/mol. The van der Waals surface area contributed by atoms with E-state index in [0.717, 1.165) is 42.7 Å². The number of carbonyl (C=O) groups is 2. The third-order valence-electron chi connectivity index (χ3n) is 8.26. The van der Waals surface area contributed by atoms with Crippen LogP contribution < -0.4 is 4.90 Å². The highest BCUT2D eigenvalue weighted by atomic mass is 16.7. The van der Waals surface area contributed by atoms with E-state index in [0.29, 0.717) is 19.9 Å². The maximum absolute atomic E-state index is 12.2. The molecule has 0 atom stereocenters. The molecule has 2 amide bonds. The summed E-state index contributed by atoms with van der Waals surface area (Å²) in [6.45, 7) is 4.90. The van der Waals surface area contributed by atoms with Crippen molar-refractivity contribution in [2.24, 2.45) is 17.8 Å². The molecular formula is C29H42N2O4. The minimum Gasteiger partial charge on any atom is -0.357 e. The molecule has 0 bridgehead atoms. The Hall–Kier alpha value is -2.18. The molecule has 2 saturated carbocycles. The van der Waals surface area contributed by atoms with Crippen molar-refractivity contribution in [3.8, 4) is 0 Å². The van der Waals surface area contributed by atoms with Crippen LogP contribution in [0.1, 0.15) is 77.2 Å². The van der Waals surface area contributed by atoms with E-state index >= 15 is 0 Å². The van der Waals surface area contributed by atoms with Gasteiger partial charge in [-0.15, -0.1) is 0 Å². The first-order valence-electron chi connectivity index (χ1n) is 13.6. The van der Waals surface area contributed by atoms with Gasteiger partial charge in [0.1, 0.15) is 6.73 Å². The first kappa shape index (κ1) is 25.9. The topological polar surface area (TPSA) is 59.1 Å². The average molecular weight is 483 g/mol. The Labute approximate surface area is 210 Å². The maximum atomic E-state index is 12.2. The summed E-state index contributed by atoms with van der Waals surface area (Å²) in [5.41, 5.74) is 2.24. The molecule has 1 heterocycles. The van der Waals surface area contributed by atoms with Crippen LogP contribution in [0.4, 0.5) is 5.69 Å². The second-order valence-corrected chi connectivity index (χ2v) is 10.5. The van der Waals surface area contributed by atoms with E-state index in [2.05, 4.69) is 12.1 Å². The molecule has 3 aliphatic rings. The first-order chi connectivity index (χ1) is 17.0. The second kappa shape index (κ2) is 12.7. The lowest BCUT2D eigenvalue weighted by Gasteiger charge is -2.40. The van der Waals surface area contributed by atoms with E-state index < -0.39 is 0 Å². The number of nitrogens with zero attached hydrogens (tertiary/aromatic N) is 2. The van der Waals surface area contributed by atoms with E-state index in [9.17, 15) is 9.59 Å². The largest absolute Gasteiger partial charge is 0.357 e. The lowest BCUT2D eigenvalue weighted by Crippen LogP contribution is -2.42. The fraction of sp³-hybridized carbons (Fsp3) is 0.655. The highest BCUT2D eigenvalue weighted by molar-refractivity contribution is 6.01. The van der Waals surface area contributed by atoms with Crippen LogP contribution in [0.5, 0.6) is 0 Å². The van der Waals surface area contributed by atoms with Crippen molar-refractivity contribution >= 4 is 17.5 Å². The Morgan fingerprint density at radius 3 is 2.31 bits per heavy atom. The van der Waals surface area contributed by atoms with Crippen LogP contribution in [0.15, 0.2) is 36.4 Å². The number of amides is 2. The number of aryl methyl sites for hydroxylation is 1. The quantitative estimate of drug-likeness (QED) is 0.449. The van der Waals surface area contributed by atoms with Crippen LogP contribution in [0.2, 0.25) is 0 Å². The van der Waals surface area contributed by atoms with E-state index in [1.807, 2.05) is 19.1 Å². The molecule has 6 nitrogen and oxygen atoms in total. The summed E-state index contributed by atoms with van der Waals surface area (Å²) >= 11 is 0. The van der Waals surface area contributed by atoms with Crippen molar-refractivity contribution in [3.63, 3.8) is 0 Å². The third kappa shape index (κ3) is 6.95. The van der Waals surface area contributed by atoms with Crippen LogP contribution in [-0.2, 0) is 25.6 Å². The molecule has 192 valence electrons. The molecule has 0 aromatic heterocycles. The van der Waals surface area contributed by atoms with Crippen LogP contribution in [-0.4, -0.2) is 42.9 Å². The van der Waals surface area contributed by atoms with Gasteiger partial charge in [-0.05, 0) is 93.7 Å². The molecule has 4 rings (SSSR count). The number of hydrogen-bond acceptors (Lipinski definition) is 4. The molecule has 0 N–H and O–H groups in total. The normalized spacial score (nSPS) is 27.5. The van der Waals surface area contributed by atoms with Gasteiger partial charge in [-0.25, -0.2) is 5.06 Å². The summed E-state index contributed by atoms with van der Waals surface area (Å²) in [6.07, 6.45) is 15.7. The van der Waals surface area contributed by atoms with Gasteiger partial charge in [-0.1, -0.05) is 31.1 Å². The first-order valence-corrected chi connectivity index (χ1v) is 13.6. The van der Waals surface area contributed by atoms with Gasteiger partial charge < -0.3 is 4.74 Å². The van der Waals surface area contributed by atoms with Gasteiger partial charge in [0.05, 0.1) is 19.3 Å². The van der Waals surface area contributed by atoms with E-state index in [1.54, 1.807) is 29.0 Å². The molecule has 0 saturated heterocycles. The highest BCUT2D eigenvalue weighted by Crippen LogP contribution is 2.41. The zero-order valence-corrected chi connectivity index (χ0v) is 21.5. The lowest BCUT2D eigenvalue weighted by molar-refractivity contribution is -0.200. The molecule has 0 radical (unpaired) electrons.